The summed E-state index contributed by atoms with van der Waals surface area (Å²) < 4.78 is 0. The van der Waals surface area contributed by atoms with Gasteiger partial charge in [0.15, 0.2) is 11.6 Å². The summed E-state index contributed by atoms with van der Waals surface area (Å²) in [5.41, 5.74) is 21.7. The van der Waals surface area contributed by atoms with Gasteiger partial charge in [-0.3, -0.25) is 24.1 Å². The molecule has 0 bridgehead atoms. The number of hydrogen-bond donors (Lipinski definition) is 6. The standard InChI is InChI=1S/C28H37N5O7/c1-16(2)24(25(37)20(31)12-18-8-10-19(34)11-9-18)28(27(39)40,22(35)14-29)33(23(36)15-30)26(38)21(32)13-17-6-4-3-5-7-17/h3-11,16,20-21,24,34H,12-15,29-32H2,1-2H3,(H,39,40). The summed E-state index contributed by atoms with van der Waals surface area (Å²) in [7, 11) is 0. The number of hydrogen-bond acceptors (Lipinski definition) is 10. The van der Waals surface area contributed by atoms with E-state index in [-0.39, 0.29) is 23.5 Å². The number of carbonyl (C=O) groups excluding carboxylic acids is 4. The quantitative estimate of drug-likeness (QED) is 0.160. The molecule has 2 rings (SSSR count). The van der Waals surface area contributed by atoms with Crippen LogP contribution in [-0.2, 0) is 36.8 Å². The number of aromatic hydroxyl groups is 1. The van der Waals surface area contributed by atoms with Gasteiger partial charge in [0.2, 0.25) is 17.4 Å². The summed E-state index contributed by atoms with van der Waals surface area (Å²) in [6.07, 6.45) is -0.178. The second-order valence-electron chi connectivity index (χ2n) is 9.87. The maximum absolute atomic E-state index is 13.9. The van der Waals surface area contributed by atoms with Crippen LogP contribution in [0, 0.1) is 11.8 Å². The lowest BCUT2D eigenvalue weighted by molar-refractivity contribution is -0.178. The van der Waals surface area contributed by atoms with Crippen LogP contribution in [-0.4, -0.2) is 75.2 Å². The summed E-state index contributed by atoms with van der Waals surface area (Å²) in [5, 5.41) is 20.1. The van der Waals surface area contributed by atoms with E-state index in [1.54, 1.807) is 30.3 Å². The second kappa shape index (κ2) is 13.9. The largest absolute Gasteiger partial charge is 0.508 e. The first-order chi connectivity index (χ1) is 18.8. The summed E-state index contributed by atoms with van der Waals surface area (Å²) >= 11 is 0. The van der Waals surface area contributed by atoms with Gasteiger partial charge in [-0.2, -0.15) is 0 Å². The molecule has 4 atom stereocenters. The van der Waals surface area contributed by atoms with Crippen molar-refractivity contribution in [2.45, 2.75) is 44.3 Å². The zero-order valence-corrected chi connectivity index (χ0v) is 22.5. The average Bonchev–Trinajstić information content (AvgIpc) is 2.92. The van der Waals surface area contributed by atoms with Crippen molar-refractivity contribution in [2.75, 3.05) is 13.1 Å². The molecule has 12 heteroatoms. The lowest BCUT2D eigenvalue weighted by Gasteiger charge is -2.45. The number of ketones is 2. The predicted octanol–water partition coefficient (Wildman–Crippen LogP) is -0.662. The highest BCUT2D eigenvalue weighted by Crippen LogP contribution is 2.35. The highest BCUT2D eigenvalue weighted by Gasteiger charge is 2.63. The van der Waals surface area contributed by atoms with Crippen LogP contribution in [0.25, 0.3) is 0 Å². The molecule has 0 aliphatic carbocycles. The number of Topliss-reactive ketones (excluding diaryl/α,β-unsaturated/α-hetero) is 2. The van der Waals surface area contributed by atoms with E-state index < -0.39 is 71.9 Å². The van der Waals surface area contributed by atoms with Crippen molar-refractivity contribution in [3.8, 4) is 5.75 Å². The number of rotatable bonds is 14. The van der Waals surface area contributed by atoms with E-state index in [4.69, 9.17) is 22.9 Å². The normalized spacial score (nSPS) is 15.0. The molecule has 2 aromatic rings. The highest BCUT2D eigenvalue weighted by atomic mass is 16.4. The van der Waals surface area contributed by atoms with Crippen LogP contribution in [0.15, 0.2) is 54.6 Å². The van der Waals surface area contributed by atoms with Crippen LogP contribution in [0.5, 0.6) is 5.75 Å². The van der Waals surface area contributed by atoms with Crippen LogP contribution < -0.4 is 22.9 Å². The van der Waals surface area contributed by atoms with Crippen molar-refractivity contribution >= 4 is 29.4 Å². The Morgan fingerprint density at radius 2 is 1.35 bits per heavy atom. The van der Waals surface area contributed by atoms with Crippen LogP contribution >= 0.6 is 0 Å². The number of nitrogens with two attached hydrogens (primary N) is 4. The van der Waals surface area contributed by atoms with Gasteiger partial charge in [0.25, 0.3) is 0 Å². The Balaban J connectivity index is 2.69. The number of nitrogens with zero attached hydrogens (tertiary/aromatic N) is 1. The summed E-state index contributed by atoms with van der Waals surface area (Å²) in [6.45, 7) is 1.18. The molecule has 0 aromatic heterocycles. The monoisotopic (exact) mass is 555 g/mol. The van der Waals surface area contributed by atoms with E-state index in [0.29, 0.717) is 11.1 Å². The number of aliphatic carboxylic acids is 1. The zero-order valence-electron chi connectivity index (χ0n) is 22.5. The first-order valence-corrected chi connectivity index (χ1v) is 12.7. The summed E-state index contributed by atoms with van der Waals surface area (Å²) in [6, 6.07) is 11.5. The molecule has 0 spiro atoms. The molecule has 216 valence electrons. The Kier molecular flexibility index (Phi) is 11.2. The minimum Gasteiger partial charge on any atom is -0.508 e. The number of imide groups is 1. The van der Waals surface area contributed by atoms with Gasteiger partial charge in [0.05, 0.1) is 31.1 Å². The van der Waals surface area contributed by atoms with Crippen molar-refractivity contribution < 1.29 is 34.2 Å². The van der Waals surface area contributed by atoms with Gasteiger partial charge in [-0.25, -0.2) is 4.79 Å². The van der Waals surface area contributed by atoms with Crippen LogP contribution in [0.4, 0.5) is 0 Å². The first kappa shape index (κ1) is 32.2. The number of carboxylic acid groups (broad SMARTS) is 1. The Morgan fingerprint density at radius 3 is 1.82 bits per heavy atom. The molecule has 0 saturated carbocycles. The first-order valence-electron chi connectivity index (χ1n) is 12.7. The third kappa shape index (κ3) is 6.77. The van der Waals surface area contributed by atoms with Crippen molar-refractivity contribution in [3.63, 3.8) is 0 Å². The van der Waals surface area contributed by atoms with Crippen molar-refractivity contribution in [1.29, 1.82) is 0 Å². The molecule has 0 saturated heterocycles. The fourth-order valence-electron chi connectivity index (χ4n) is 4.88. The minimum absolute atomic E-state index is 0.0107. The molecular formula is C28H37N5O7. The molecular weight excluding hydrogens is 518 g/mol. The lowest BCUT2D eigenvalue weighted by atomic mass is 9.68. The number of phenolic OH excluding ortho intramolecular Hbond substituents is 1. The summed E-state index contributed by atoms with van der Waals surface area (Å²) in [4.78, 5) is 67.7. The van der Waals surface area contributed by atoms with E-state index >= 15 is 0 Å². The van der Waals surface area contributed by atoms with E-state index in [2.05, 4.69) is 0 Å². The number of carbonyl (C=O) groups is 5. The minimum atomic E-state index is -3.06. The van der Waals surface area contributed by atoms with Crippen molar-refractivity contribution in [1.82, 2.24) is 4.90 Å². The third-order valence-electron chi connectivity index (χ3n) is 6.73. The predicted molar refractivity (Wildman–Crippen MR) is 147 cm³/mol. The summed E-state index contributed by atoms with van der Waals surface area (Å²) in [5.74, 6) is -9.21. The van der Waals surface area contributed by atoms with E-state index in [1.807, 2.05) is 0 Å². The van der Waals surface area contributed by atoms with Gasteiger partial charge in [-0.05, 0) is 42.0 Å². The zero-order chi connectivity index (χ0) is 30.2. The Morgan fingerprint density at radius 1 is 0.825 bits per heavy atom. The molecule has 0 radical (unpaired) electrons. The Hall–Kier alpha value is -3.97. The van der Waals surface area contributed by atoms with Gasteiger partial charge < -0.3 is 33.1 Å². The molecule has 4 unspecified atom stereocenters. The number of carboxylic acids is 1. The van der Waals surface area contributed by atoms with E-state index in [9.17, 15) is 34.2 Å². The van der Waals surface area contributed by atoms with Gasteiger partial charge in [0, 0.05) is 0 Å². The highest BCUT2D eigenvalue weighted by molar-refractivity contribution is 6.19. The van der Waals surface area contributed by atoms with Crippen molar-refractivity contribution in [3.05, 3.63) is 65.7 Å². The third-order valence-corrected chi connectivity index (χ3v) is 6.73. The second-order valence-corrected chi connectivity index (χ2v) is 9.87. The average molecular weight is 556 g/mol. The SMILES string of the molecule is CC(C)C(C(=O)C(N)Cc1ccc(O)cc1)C(C(=O)O)(C(=O)CN)N(C(=O)CN)C(=O)C(N)Cc1ccccc1. The maximum atomic E-state index is 13.9. The smallest absolute Gasteiger partial charge is 0.338 e. The number of benzene rings is 2. The van der Waals surface area contributed by atoms with Gasteiger partial charge in [-0.15, -0.1) is 0 Å². The fourth-order valence-corrected chi connectivity index (χ4v) is 4.88. The molecule has 0 fully saturated rings. The maximum Gasteiger partial charge on any atom is 0.338 e. The molecule has 2 aromatic carbocycles. The molecule has 40 heavy (non-hydrogen) atoms. The molecule has 0 aliphatic heterocycles. The Bertz CT molecular complexity index is 1220. The van der Waals surface area contributed by atoms with Crippen molar-refractivity contribution in [2.24, 2.45) is 34.8 Å². The lowest BCUT2D eigenvalue weighted by Crippen LogP contribution is -2.74. The van der Waals surface area contributed by atoms with Crippen LogP contribution in [0.2, 0.25) is 0 Å². The van der Waals surface area contributed by atoms with Gasteiger partial charge >= 0.3 is 5.97 Å². The van der Waals surface area contributed by atoms with E-state index in [0.717, 1.165) is 0 Å². The molecule has 12 nitrogen and oxygen atoms in total. The van der Waals surface area contributed by atoms with Gasteiger partial charge in [0.1, 0.15) is 5.75 Å². The molecule has 2 amide bonds. The molecule has 0 heterocycles. The van der Waals surface area contributed by atoms with Gasteiger partial charge in [-0.1, -0.05) is 56.3 Å². The Labute approximate surface area is 232 Å². The van der Waals surface area contributed by atoms with Crippen LogP contribution in [0.3, 0.4) is 0 Å². The van der Waals surface area contributed by atoms with E-state index in [1.165, 1.54) is 38.1 Å². The molecule has 10 N–H and O–H groups in total. The van der Waals surface area contributed by atoms with Crippen LogP contribution in [0.1, 0.15) is 25.0 Å². The molecule has 0 aliphatic rings. The topological polar surface area (TPSA) is 233 Å². The number of amides is 2. The fraction of sp³-hybridized carbons (Fsp3) is 0.393. The number of phenols is 1.